The molecule has 1 rings (SSSR count). The van der Waals surface area contributed by atoms with Gasteiger partial charge in [0.2, 0.25) is 0 Å². The van der Waals surface area contributed by atoms with Crippen molar-refractivity contribution in [1.82, 2.24) is 10.2 Å². The maximum absolute atomic E-state index is 10.1. The molecule has 2 N–H and O–H groups in total. The van der Waals surface area contributed by atoms with E-state index in [2.05, 4.69) is 5.32 Å². The second-order valence-electron chi connectivity index (χ2n) is 6.20. The molecule has 0 aromatic carbocycles. The zero-order valence-corrected chi connectivity index (χ0v) is 11.8. The molecule has 3 heteroatoms. The van der Waals surface area contributed by atoms with Crippen molar-refractivity contribution in [2.75, 3.05) is 33.7 Å². The van der Waals surface area contributed by atoms with Crippen LogP contribution in [0, 0.1) is 5.92 Å². The molecule has 3 nitrogen and oxygen atoms in total. The Bertz CT molecular complexity index is 198. The van der Waals surface area contributed by atoms with Crippen molar-refractivity contribution < 1.29 is 5.11 Å². The Morgan fingerprint density at radius 2 is 1.88 bits per heavy atom. The minimum Gasteiger partial charge on any atom is -0.388 e. The summed E-state index contributed by atoms with van der Waals surface area (Å²) in [7, 11) is 3.99. The quantitative estimate of drug-likeness (QED) is 0.669. The average Bonchev–Trinajstić information content (AvgIpc) is 2.24. The lowest BCUT2D eigenvalue weighted by Gasteiger charge is -2.28. The largest absolute Gasteiger partial charge is 0.388 e. The van der Waals surface area contributed by atoms with Crippen LogP contribution in [0.2, 0.25) is 0 Å². The van der Waals surface area contributed by atoms with Gasteiger partial charge in [0.15, 0.2) is 0 Å². The van der Waals surface area contributed by atoms with Crippen LogP contribution in [0.5, 0.6) is 0 Å². The van der Waals surface area contributed by atoms with E-state index in [4.69, 9.17) is 0 Å². The van der Waals surface area contributed by atoms with Crippen LogP contribution in [-0.2, 0) is 0 Å². The molecule has 1 unspecified atom stereocenters. The molecule has 0 saturated heterocycles. The van der Waals surface area contributed by atoms with E-state index in [1.165, 1.54) is 38.5 Å². The fraction of sp³-hybridized carbons (Fsp3) is 1.00. The van der Waals surface area contributed by atoms with Crippen molar-refractivity contribution in [1.29, 1.82) is 0 Å². The summed E-state index contributed by atoms with van der Waals surface area (Å²) in [5.74, 6) is 0.926. The van der Waals surface area contributed by atoms with Crippen molar-refractivity contribution in [3.05, 3.63) is 0 Å². The van der Waals surface area contributed by atoms with Crippen LogP contribution >= 0.6 is 0 Å². The first-order chi connectivity index (χ1) is 7.99. The van der Waals surface area contributed by atoms with E-state index in [-0.39, 0.29) is 0 Å². The molecular formula is C14H30N2O. The Hall–Kier alpha value is -0.120. The molecule has 0 spiro atoms. The molecule has 0 aliphatic heterocycles. The Kier molecular flexibility index (Phi) is 6.45. The van der Waals surface area contributed by atoms with Gasteiger partial charge in [-0.05, 0) is 39.9 Å². The summed E-state index contributed by atoms with van der Waals surface area (Å²) in [5, 5.41) is 13.5. The maximum Gasteiger partial charge on any atom is 0.0869 e. The van der Waals surface area contributed by atoms with Crippen LogP contribution in [0.4, 0.5) is 0 Å². The normalized spacial score (nSPS) is 21.7. The molecule has 0 bridgehead atoms. The maximum atomic E-state index is 10.1. The van der Waals surface area contributed by atoms with E-state index in [0.29, 0.717) is 13.1 Å². The Balaban J connectivity index is 2.06. The lowest BCUT2D eigenvalue weighted by atomic mass is 9.87. The summed E-state index contributed by atoms with van der Waals surface area (Å²) in [5.41, 5.74) is -0.615. The third-order valence-electron chi connectivity index (χ3n) is 3.62. The second-order valence-corrected chi connectivity index (χ2v) is 6.20. The minimum atomic E-state index is -0.615. The zero-order chi connectivity index (χ0) is 12.7. The first-order valence-electron chi connectivity index (χ1n) is 7.07. The molecule has 0 aromatic heterocycles. The summed E-state index contributed by atoms with van der Waals surface area (Å²) in [6.07, 6.45) is 8.37. The van der Waals surface area contributed by atoms with E-state index < -0.39 is 5.60 Å². The van der Waals surface area contributed by atoms with Gasteiger partial charge in [0, 0.05) is 13.1 Å². The molecule has 17 heavy (non-hydrogen) atoms. The highest BCUT2D eigenvalue weighted by atomic mass is 16.3. The fourth-order valence-electron chi connectivity index (χ4n) is 2.88. The Morgan fingerprint density at radius 1 is 1.24 bits per heavy atom. The minimum absolute atomic E-state index is 0.615. The van der Waals surface area contributed by atoms with Gasteiger partial charge >= 0.3 is 0 Å². The van der Waals surface area contributed by atoms with Gasteiger partial charge < -0.3 is 15.3 Å². The lowest BCUT2D eigenvalue weighted by molar-refractivity contribution is 0.0336. The average molecular weight is 242 g/mol. The summed E-state index contributed by atoms with van der Waals surface area (Å²) >= 11 is 0. The van der Waals surface area contributed by atoms with Crippen molar-refractivity contribution >= 4 is 0 Å². The van der Waals surface area contributed by atoms with Gasteiger partial charge in [0.25, 0.3) is 0 Å². The van der Waals surface area contributed by atoms with Gasteiger partial charge in [-0.15, -0.1) is 0 Å². The van der Waals surface area contributed by atoms with E-state index in [1.807, 2.05) is 25.9 Å². The number of hydrogen-bond donors (Lipinski definition) is 2. The Morgan fingerprint density at radius 3 is 2.47 bits per heavy atom. The number of aliphatic hydroxyl groups is 1. The van der Waals surface area contributed by atoms with Gasteiger partial charge in [-0.2, -0.15) is 0 Å². The SMILES string of the molecule is CN(C)CC(C)(O)CNCCC1CCCCC1. The van der Waals surface area contributed by atoms with E-state index in [9.17, 15) is 5.11 Å². The van der Waals surface area contributed by atoms with Crippen molar-refractivity contribution in [2.45, 2.75) is 51.0 Å². The Labute approximate surface area is 107 Å². The molecule has 1 saturated carbocycles. The van der Waals surface area contributed by atoms with Gasteiger partial charge in [-0.3, -0.25) is 0 Å². The fourth-order valence-corrected chi connectivity index (χ4v) is 2.88. The highest BCUT2D eigenvalue weighted by Crippen LogP contribution is 2.25. The topological polar surface area (TPSA) is 35.5 Å². The van der Waals surface area contributed by atoms with E-state index in [0.717, 1.165) is 12.5 Å². The third kappa shape index (κ3) is 7.02. The number of rotatable bonds is 7. The van der Waals surface area contributed by atoms with Crippen LogP contribution in [0.15, 0.2) is 0 Å². The molecule has 1 aliphatic rings. The zero-order valence-electron chi connectivity index (χ0n) is 11.8. The summed E-state index contributed by atoms with van der Waals surface area (Å²) in [6.45, 7) is 4.36. The van der Waals surface area contributed by atoms with Gasteiger partial charge in [0.1, 0.15) is 0 Å². The molecule has 1 atom stereocenters. The summed E-state index contributed by atoms with van der Waals surface area (Å²) < 4.78 is 0. The molecule has 1 fully saturated rings. The smallest absolute Gasteiger partial charge is 0.0869 e. The molecular weight excluding hydrogens is 212 g/mol. The number of nitrogens with one attached hydrogen (secondary N) is 1. The van der Waals surface area contributed by atoms with Gasteiger partial charge in [-0.25, -0.2) is 0 Å². The lowest BCUT2D eigenvalue weighted by Crippen LogP contribution is -2.45. The predicted octanol–water partition coefficient (Wildman–Crippen LogP) is 1.86. The van der Waals surface area contributed by atoms with Crippen molar-refractivity contribution in [3.8, 4) is 0 Å². The van der Waals surface area contributed by atoms with E-state index in [1.54, 1.807) is 0 Å². The first-order valence-corrected chi connectivity index (χ1v) is 7.07. The number of nitrogens with zero attached hydrogens (tertiary/aromatic N) is 1. The third-order valence-corrected chi connectivity index (χ3v) is 3.62. The summed E-state index contributed by atoms with van der Waals surface area (Å²) in [6, 6.07) is 0. The molecule has 0 heterocycles. The number of hydrogen-bond acceptors (Lipinski definition) is 3. The van der Waals surface area contributed by atoms with Gasteiger partial charge in [-0.1, -0.05) is 32.1 Å². The van der Waals surface area contributed by atoms with Crippen LogP contribution in [0.3, 0.4) is 0 Å². The number of likely N-dealkylation sites (N-methyl/N-ethyl adjacent to an activating group) is 1. The van der Waals surface area contributed by atoms with Crippen LogP contribution in [0.1, 0.15) is 45.4 Å². The van der Waals surface area contributed by atoms with Gasteiger partial charge in [0.05, 0.1) is 5.60 Å². The molecule has 1 aliphatic carbocycles. The standard InChI is InChI=1S/C14H30N2O/c1-14(17,12-16(2)3)11-15-10-9-13-7-5-4-6-8-13/h13,15,17H,4-12H2,1-3H3. The van der Waals surface area contributed by atoms with E-state index >= 15 is 0 Å². The summed E-state index contributed by atoms with van der Waals surface area (Å²) in [4.78, 5) is 2.03. The molecule has 0 aromatic rings. The van der Waals surface area contributed by atoms with Crippen LogP contribution in [0.25, 0.3) is 0 Å². The van der Waals surface area contributed by atoms with Crippen molar-refractivity contribution in [3.63, 3.8) is 0 Å². The molecule has 0 amide bonds. The van der Waals surface area contributed by atoms with Crippen LogP contribution in [-0.4, -0.2) is 49.3 Å². The molecule has 0 radical (unpaired) electrons. The second kappa shape index (κ2) is 7.34. The van der Waals surface area contributed by atoms with Crippen molar-refractivity contribution in [2.24, 2.45) is 5.92 Å². The first kappa shape index (κ1) is 14.9. The molecule has 102 valence electrons. The monoisotopic (exact) mass is 242 g/mol. The van der Waals surface area contributed by atoms with Crippen LogP contribution < -0.4 is 5.32 Å². The highest BCUT2D eigenvalue weighted by Gasteiger charge is 2.20. The highest BCUT2D eigenvalue weighted by molar-refractivity contribution is 4.78. The predicted molar refractivity (Wildman–Crippen MR) is 73.2 cm³/mol.